The van der Waals surface area contributed by atoms with Crippen molar-refractivity contribution in [2.45, 2.75) is 19.3 Å². The Labute approximate surface area is 190 Å². The Bertz CT molecular complexity index is 717. The topological polar surface area (TPSA) is 72.7 Å². The van der Waals surface area contributed by atoms with Crippen LogP contribution in [0.1, 0.15) is 18.4 Å². The highest BCUT2D eigenvalue weighted by Gasteiger charge is 2.15. The number of benzene rings is 1. The first kappa shape index (κ1) is 23.6. The summed E-state index contributed by atoms with van der Waals surface area (Å²) in [5.41, 5.74) is 2.26. The third kappa shape index (κ3) is 8.31. The minimum absolute atomic E-state index is 0. The van der Waals surface area contributed by atoms with Crippen molar-refractivity contribution in [1.82, 2.24) is 20.4 Å². The maximum Gasteiger partial charge on any atom is 0.190 e. The van der Waals surface area contributed by atoms with Gasteiger partial charge in [-0.05, 0) is 37.0 Å². The molecule has 29 heavy (non-hydrogen) atoms. The summed E-state index contributed by atoms with van der Waals surface area (Å²) in [6.45, 7) is 4.94. The van der Waals surface area contributed by atoms with Crippen LogP contribution in [0.5, 0.6) is 0 Å². The second-order valence-electron chi connectivity index (χ2n) is 6.96. The number of para-hydroxylation sites is 1. The van der Waals surface area contributed by atoms with Crippen LogP contribution in [0.3, 0.4) is 0 Å². The fourth-order valence-electron chi connectivity index (χ4n) is 3.10. The summed E-state index contributed by atoms with van der Waals surface area (Å²) < 4.78 is 13.0. The fraction of sp³-hybridized carbons (Fsp3) is 0.524. The zero-order chi connectivity index (χ0) is 19.4. The van der Waals surface area contributed by atoms with Crippen molar-refractivity contribution in [2.24, 2.45) is 10.9 Å². The Morgan fingerprint density at radius 3 is 2.86 bits per heavy atom. The molecule has 1 aliphatic rings. The zero-order valence-electron chi connectivity index (χ0n) is 17.0. The monoisotopic (exact) mass is 513 g/mol. The average Bonchev–Trinajstić information content (AvgIpc) is 3.42. The van der Waals surface area contributed by atoms with Gasteiger partial charge in [0.15, 0.2) is 5.96 Å². The molecule has 1 saturated heterocycles. The summed E-state index contributed by atoms with van der Waals surface area (Å²) in [4.78, 5) is 4.27. The summed E-state index contributed by atoms with van der Waals surface area (Å²) in [7, 11) is 1.79. The molecule has 0 radical (unpaired) electrons. The molecule has 0 saturated carbocycles. The van der Waals surface area contributed by atoms with Crippen LogP contribution in [0.4, 0.5) is 0 Å². The SMILES string of the molecule is CN=C(NCCCOCC1CCOC1)NCCc1cnn(-c2ccccc2)c1.I. The van der Waals surface area contributed by atoms with Crippen molar-refractivity contribution >= 4 is 29.9 Å². The summed E-state index contributed by atoms with van der Waals surface area (Å²) >= 11 is 0. The summed E-state index contributed by atoms with van der Waals surface area (Å²) in [6.07, 6.45) is 6.95. The molecule has 2 N–H and O–H groups in total. The van der Waals surface area contributed by atoms with Gasteiger partial charge < -0.3 is 20.1 Å². The highest BCUT2D eigenvalue weighted by atomic mass is 127. The highest BCUT2D eigenvalue weighted by molar-refractivity contribution is 14.0. The van der Waals surface area contributed by atoms with E-state index in [1.807, 2.05) is 41.2 Å². The predicted octanol–water partition coefficient (Wildman–Crippen LogP) is 2.64. The maximum absolute atomic E-state index is 5.72. The number of rotatable bonds is 10. The van der Waals surface area contributed by atoms with E-state index in [1.165, 1.54) is 5.56 Å². The van der Waals surface area contributed by atoms with Crippen LogP contribution >= 0.6 is 24.0 Å². The Kier molecular flexibility index (Phi) is 11.0. The number of nitrogens with zero attached hydrogens (tertiary/aromatic N) is 3. The Morgan fingerprint density at radius 2 is 2.10 bits per heavy atom. The molecule has 1 aromatic heterocycles. The third-order valence-corrected chi connectivity index (χ3v) is 4.72. The van der Waals surface area contributed by atoms with Crippen LogP contribution in [-0.4, -0.2) is 62.3 Å². The first-order chi connectivity index (χ1) is 13.8. The van der Waals surface area contributed by atoms with Gasteiger partial charge in [0.05, 0.1) is 25.1 Å². The highest BCUT2D eigenvalue weighted by Crippen LogP contribution is 2.12. The minimum Gasteiger partial charge on any atom is -0.381 e. The van der Waals surface area contributed by atoms with E-state index in [1.54, 1.807) is 7.05 Å². The van der Waals surface area contributed by atoms with Crippen LogP contribution in [0, 0.1) is 5.92 Å². The number of hydrogen-bond acceptors (Lipinski definition) is 4. The lowest BCUT2D eigenvalue weighted by Gasteiger charge is -2.12. The van der Waals surface area contributed by atoms with Gasteiger partial charge >= 0.3 is 0 Å². The van der Waals surface area contributed by atoms with Gasteiger partial charge in [-0.3, -0.25) is 4.99 Å². The van der Waals surface area contributed by atoms with E-state index < -0.39 is 0 Å². The van der Waals surface area contributed by atoms with E-state index in [2.05, 4.69) is 26.9 Å². The second kappa shape index (κ2) is 13.6. The number of aliphatic imine (C=N–C) groups is 1. The first-order valence-electron chi connectivity index (χ1n) is 10.0. The molecule has 2 heterocycles. The van der Waals surface area contributed by atoms with Gasteiger partial charge in [0.2, 0.25) is 0 Å². The number of halogens is 1. The lowest BCUT2D eigenvalue weighted by Crippen LogP contribution is -2.39. The van der Waals surface area contributed by atoms with E-state index in [4.69, 9.17) is 9.47 Å². The molecular formula is C21H32IN5O2. The lowest BCUT2D eigenvalue weighted by atomic mass is 10.1. The molecule has 2 aromatic rings. The average molecular weight is 513 g/mol. The molecule has 0 amide bonds. The normalized spacial score (nSPS) is 16.4. The quantitative estimate of drug-likeness (QED) is 0.221. The number of hydrogen-bond donors (Lipinski definition) is 2. The Morgan fingerprint density at radius 1 is 1.28 bits per heavy atom. The molecular weight excluding hydrogens is 481 g/mol. The summed E-state index contributed by atoms with van der Waals surface area (Å²) in [5.74, 6) is 1.40. The molecule has 8 heteroatoms. The molecule has 1 aliphatic heterocycles. The van der Waals surface area contributed by atoms with Gasteiger partial charge in [-0.25, -0.2) is 4.68 Å². The largest absolute Gasteiger partial charge is 0.381 e. The molecule has 1 fully saturated rings. The van der Waals surface area contributed by atoms with Gasteiger partial charge in [-0.1, -0.05) is 18.2 Å². The zero-order valence-corrected chi connectivity index (χ0v) is 19.4. The number of nitrogens with one attached hydrogen (secondary N) is 2. The van der Waals surface area contributed by atoms with Gasteiger partial charge in [0, 0.05) is 45.5 Å². The van der Waals surface area contributed by atoms with Gasteiger partial charge in [-0.2, -0.15) is 5.10 Å². The van der Waals surface area contributed by atoms with Crippen molar-refractivity contribution < 1.29 is 9.47 Å². The van der Waals surface area contributed by atoms with E-state index >= 15 is 0 Å². The molecule has 1 atom stereocenters. The van der Waals surface area contributed by atoms with Crippen molar-refractivity contribution in [1.29, 1.82) is 0 Å². The molecule has 1 aromatic carbocycles. The van der Waals surface area contributed by atoms with Crippen molar-refractivity contribution in [3.05, 3.63) is 48.3 Å². The minimum atomic E-state index is 0. The van der Waals surface area contributed by atoms with Crippen molar-refractivity contribution in [3.63, 3.8) is 0 Å². The number of ether oxygens (including phenoxy) is 2. The van der Waals surface area contributed by atoms with Crippen LogP contribution < -0.4 is 10.6 Å². The molecule has 0 spiro atoms. The first-order valence-corrected chi connectivity index (χ1v) is 10.0. The fourth-order valence-corrected chi connectivity index (χ4v) is 3.10. The molecule has 160 valence electrons. The van der Waals surface area contributed by atoms with E-state index in [-0.39, 0.29) is 24.0 Å². The molecule has 0 bridgehead atoms. The standard InChI is InChI=1S/C21H31N5O2.HI/c1-22-21(23-10-5-12-27-16-19-9-13-28-17-19)24-11-8-18-14-25-26(15-18)20-6-3-2-4-7-20;/h2-4,6-7,14-15,19H,5,8-13,16-17H2,1H3,(H2,22,23,24);1H. The van der Waals surface area contributed by atoms with Gasteiger partial charge in [0.1, 0.15) is 0 Å². The number of aromatic nitrogens is 2. The van der Waals surface area contributed by atoms with E-state index in [0.717, 1.165) is 70.4 Å². The Balaban J connectivity index is 0.00000300. The summed E-state index contributed by atoms with van der Waals surface area (Å²) in [6, 6.07) is 10.1. The van der Waals surface area contributed by atoms with Crippen LogP contribution in [-0.2, 0) is 15.9 Å². The molecule has 3 rings (SSSR count). The van der Waals surface area contributed by atoms with Gasteiger partial charge in [-0.15, -0.1) is 24.0 Å². The molecule has 0 aliphatic carbocycles. The summed E-state index contributed by atoms with van der Waals surface area (Å²) in [5, 5.41) is 11.1. The van der Waals surface area contributed by atoms with Crippen LogP contribution in [0.25, 0.3) is 5.69 Å². The van der Waals surface area contributed by atoms with Crippen LogP contribution in [0.15, 0.2) is 47.7 Å². The lowest BCUT2D eigenvalue weighted by molar-refractivity contribution is 0.0888. The second-order valence-corrected chi connectivity index (χ2v) is 6.96. The van der Waals surface area contributed by atoms with E-state index in [9.17, 15) is 0 Å². The van der Waals surface area contributed by atoms with Gasteiger partial charge in [0.25, 0.3) is 0 Å². The maximum atomic E-state index is 5.72. The van der Waals surface area contributed by atoms with Crippen LogP contribution in [0.2, 0.25) is 0 Å². The molecule has 1 unspecified atom stereocenters. The number of guanidine groups is 1. The molecule has 7 nitrogen and oxygen atoms in total. The third-order valence-electron chi connectivity index (χ3n) is 4.72. The Hall–Kier alpha value is -1.65. The van der Waals surface area contributed by atoms with Crippen molar-refractivity contribution in [3.8, 4) is 5.69 Å². The smallest absolute Gasteiger partial charge is 0.190 e. The predicted molar refractivity (Wildman–Crippen MR) is 126 cm³/mol. The van der Waals surface area contributed by atoms with E-state index in [0.29, 0.717) is 5.92 Å². The van der Waals surface area contributed by atoms with Crippen molar-refractivity contribution in [2.75, 3.05) is 46.6 Å².